The summed E-state index contributed by atoms with van der Waals surface area (Å²) in [5.74, 6) is 0.728. The molecule has 0 radical (unpaired) electrons. The fraction of sp³-hybridized carbons (Fsp3) is 0.538. The molecule has 108 valence electrons. The normalized spacial score (nSPS) is 32.1. The third kappa shape index (κ3) is 2.19. The van der Waals surface area contributed by atoms with E-state index in [0.29, 0.717) is 11.5 Å². The number of hydrogen-bond acceptors (Lipinski definition) is 6. The zero-order chi connectivity index (χ0) is 14.3. The molecule has 7 nitrogen and oxygen atoms in total. The molecule has 1 aliphatic heterocycles. The van der Waals surface area contributed by atoms with Crippen LogP contribution in [-0.4, -0.2) is 40.2 Å². The first-order chi connectivity index (χ1) is 9.56. The lowest BCUT2D eigenvalue weighted by Crippen LogP contribution is -2.44. The molecule has 0 amide bonds. The maximum atomic E-state index is 11.2. The fourth-order valence-electron chi connectivity index (χ4n) is 2.88. The summed E-state index contributed by atoms with van der Waals surface area (Å²) < 4.78 is 10.5. The van der Waals surface area contributed by atoms with Crippen LogP contribution in [-0.2, 0) is 0 Å². The summed E-state index contributed by atoms with van der Waals surface area (Å²) in [7, 11) is 0. The van der Waals surface area contributed by atoms with Crippen LogP contribution in [0.2, 0.25) is 0 Å². The molecule has 1 aromatic rings. The van der Waals surface area contributed by atoms with Crippen molar-refractivity contribution in [3.05, 3.63) is 33.9 Å². The first kappa shape index (κ1) is 13.1. The number of ether oxygens (including phenoxy) is 2. The Morgan fingerprint density at radius 3 is 2.60 bits per heavy atom. The Kier molecular flexibility index (Phi) is 3.23. The van der Waals surface area contributed by atoms with Crippen molar-refractivity contribution in [1.82, 2.24) is 0 Å². The predicted molar refractivity (Wildman–Crippen MR) is 67.3 cm³/mol. The standard InChI is InChI=1S/C13H15NO6/c15-10-4-8(9(14(17)18)5-11(10)16)7-1-2-12-13(3-7)20-6-19-12/h1-3,8-11,15-16H,4-6H2/t8-,9+,10+,11-/m1/s1. The Hall–Kier alpha value is -1.86. The molecule has 4 atom stereocenters. The van der Waals surface area contributed by atoms with Crippen molar-refractivity contribution in [3.63, 3.8) is 0 Å². The quantitative estimate of drug-likeness (QED) is 0.610. The Morgan fingerprint density at radius 2 is 1.85 bits per heavy atom. The number of aliphatic hydroxyl groups is 2. The van der Waals surface area contributed by atoms with Gasteiger partial charge in [-0.25, -0.2) is 0 Å². The summed E-state index contributed by atoms with van der Waals surface area (Å²) in [5.41, 5.74) is 0.724. The van der Waals surface area contributed by atoms with Gasteiger partial charge in [-0.2, -0.15) is 0 Å². The fourth-order valence-corrected chi connectivity index (χ4v) is 2.88. The number of nitro groups is 1. The van der Waals surface area contributed by atoms with Gasteiger partial charge in [0, 0.05) is 11.3 Å². The van der Waals surface area contributed by atoms with Gasteiger partial charge in [0.25, 0.3) is 0 Å². The minimum atomic E-state index is -1.05. The lowest BCUT2D eigenvalue weighted by molar-refractivity contribution is -0.533. The van der Waals surface area contributed by atoms with Crippen molar-refractivity contribution in [1.29, 1.82) is 0 Å². The third-order valence-electron chi connectivity index (χ3n) is 3.98. The van der Waals surface area contributed by atoms with E-state index in [-0.39, 0.29) is 24.6 Å². The highest BCUT2D eigenvalue weighted by molar-refractivity contribution is 5.45. The molecule has 20 heavy (non-hydrogen) atoms. The molecule has 1 fully saturated rings. The Morgan fingerprint density at radius 1 is 1.15 bits per heavy atom. The van der Waals surface area contributed by atoms with Crippen molar-refractivity contribution >= 4 is 0 Å². The van der Waals surface area contributed by atoms with Crippen LogP contribution in [0.5, 0.6) is 11.5 Å². The highest BCUT2D eigenvalue weighted by Gasteiger charge is 2.43. The number of rotatable bonds is 2. The molecule has 7 heteroatoms. The van der Waals surface area contributed by atoms with Gasteiger partial charge in [0.2, 0.25) is 12.8 Å². The molecular weight excluding hydrogens is 266 g/mol. The van der Waals surface area contributed by atoms with Gasteiger partial charge in [-0.3, -0.25) is 10.1 Å². The van der Waals surface area contributed by atoms with E-state index in [0.717, 1.165) is 5.56 Å². The first-order valence-corrected chi connectivity index (χ1v) is 6.45. The summed E-state index contributed by atoms with van der Waals surface area (Å²) in [4.78, 5) is 10.8. The third-order valence-corrected chi connectivity index (χ3v) is 3.98. The Bertz CT molecular complexity index is 534. The number of hydrogen-bond donors (Lipinski definition) is 2. The lowest BCUT2D eigenvalue weighted by Gasteiger charge is -2.32. The van der Waals surface area contributed by atoms with Gasteiger partial charge in [0.05, 0.1) is 18.1 Å². The minimum Gasteiger partial charge on any atom is -0.454 e. The van der Waals surface area contributed by atoms with Gasteiger partial charge in [-0.1, -0.05) is 6.07 Å². The average molecular weight is 281 g/mol. The molecule has 0 bridgehead atoms. The van der Waals surface area contributed by atoms with Crippen LogP contribution in [0.4, 0.5) is 0 Å². The number of benzene rings is 1. The molecule has 0 spiro atoms. The van der Waals surface area contributed by atoms with Crippen molar-refractivity contribution in [2.45, 2.75) is 37.0 Å². The molecule has 1 aliphatic carbocycles. The van der Waals surface area contributed by atoms with E-state index in [1.54, 1.807) is 18.2 Å². The second-order valence-electron chi connectivity index (χ2n) is 5.18. The summed E-state index contributed by atoms with van der Waals surface area (Å²) in [5, 5.41) is 30.6. The van der Waals surface area contributed by atoms with Crippen LogP contribution < -0.4 is 9.47 Å². The van der Waals surface area contributed by atoms with Gasteiger partial charge in [0.15, 0.2) is 11.5 Å². The van der Waals surface area contributed by atoms with Crippen molar-refractivity contribution < 1.29 is 24.6 Å². The monoisotopic (exact) mass is 281 g/mol. The smallest absolute Gasteiger partial charge is 0.231 e. The molecule has 3 rings (SSSR count). The van der Waals surface area contributed by atoms with Crippen LogP contribution >= 0.6 is 0 Å². The molecule has 2 N–H and O–H groups in total. The number of fused-ring (bicyclic) bond motifs is 1. The molecule has 0 unspecified atom stereocenters. The summed E-state index contributed by atoms with van der Waals surface area (Å²) >= 11 is 0. The second-order valence-corrected chi connectivity index (χ2v) is 5.18. The maximum Gasteiger partial charge on any atom is 0.231 e. The zero-order valence-corrected chi connectivity index (χ0v) is 10.6. The summed E-state index contributed by atoms with van der Waals surface area (Å²) in [6.07, 6.45) is -1.88. The Balaban J connectivity index is 1.91. The van der Waals surface area contributed by atoms with Crippen LogP contribution in [0.25, 0.3) is 0 Å². The average Bonchev–Trinajstić information content (AvgIpc) is 2.88. The van der Waals surface area contributed by atoms with E-state index in [2.05, 4.69) is 0 Å². The van der Waals surface area contributed by atoms with E-state index >= 15 is 0 Å². The maximum absolute atomic E-state index is 11.2. The molecule has 0 saturated heterocycles. The van der Waals surface area contributed by atoms with E-state index < -0.39 is 24.2 Å². The van der Waals surface area contributed by atoms with Gasteiger partial charge in [-0.15, -0.1) is 0 Å². The summed E-state index contributed by atoms with van der Waals surface area (Å²) in [6, 6.07) is 4.27. The van der Waals surface area contributed by atoms with Gasteiger partial charge in [-0.05, 0) is 24.1 Å². The van der Waals surface area contributed by atoms with E-state index in [9.17, 15) is 20.3 Å². The van der Waals surface area contributed by atoms with E-state index in [1.165, 1.54) is 0 Å². The largest absolute Gasteiger partial charge is 0.454 e. The molecule has 1 aromatic carbocycles. The highest BCUT2D eigenvalue weighted by Crippen LogP contribution is 2.40. The topological polar surface area (TPSA) is 102 Å². The van der Waals surface area contributed by atoms with E-state index in [1.807, 2.05) is 0 Å². The van der Waals surface area contributed by atoms with Crippen molar-refractivity contribution in [2.75, 3.05) is 6.79 Å². The molecule has 2 aliphatic rings. The number of aliphatic hydroxyl groups excluding tert-OH is 2. The molecular formula is C13H15NO6. The lowest BCUT2D eigenvalue weighted by atomic mass is 9.77. The molecule has 1 saturated carbocycles. The van der Waals surface area contributed by atoms with Crippen molar-refractivity contribution in [2.24, 2.45) is 0 Å². The predicted octanol–water partition coefficient (Wildman–Crippen LogP) is 0.660. The van der Waals surface area contributed by atoms with Crippen LogP contribution in [0.1, 0.15) is 24.3 Å². The zero-order valence-electron chi connectivity index (χ0n) is 10.6. The van der Waals surface area contributed by atoms with Crippen LogP contribution in [0.15, 0.2) is 18.2 Å². The molecule has 0 aromatic heterocycles. The SMILES string of the molecule is O=[N+]([O-])[C@H]1C[C@@H](O)[C@@H](O)C[C@@H]1c1ccc2c(c1)OCO2. The first-order valence-electron chi connectivity index (χ1n) is 6.45. The minimum absolute atomic E-state index is 0.0483. The number of nitrogens with zero attached hydrogens (tertiary/aromatic N) is 1. The second kappa shape index (κ2) is 4.92. The van der Waals surface area contributed by atoms with Crippen molar-refractivity contribution in [3.8, 4) is 11.5 Å². The molecule has 1 heterocycles. The van der Waals surface area contributed by atoms with E-state index in [4.69, 9.17) is 9.47 Å². The van der Waals surface area contributed by atoms with Gasteiger partial charge in [0.1, 0.15) is 0 Å². The van der Waals surface area contributed by atoms with Gasteiger partial charge < -0.3 is 19.7 Å². The summed E-state index contributed by atoms with van der Waals surface area (Å²) in [6.45, 7) is 0.142. The Labute approximate surface area is 114 Å². The van der Waals surface area contributed by atoms with Crippen LogP contribution in [0, 0.1) is 10.1 Å². The highest BCUT2D eigenvalue weighted by atomic mass is 16.7. The van der Waals surface area contributed by atoms with Gasteiger partial charge >= 0.3 is 0 Å². The van der Waals surface area contributed by atoms with Crippen LogP contribution in [0.3, 0.4) is 0 Å².